The number of amides is 1. The molecule has 0 aromatic heterocycles. The van der Waals surface area contributed by atoms with Crippen LogP contribution in [-0.4, -0.2) is 25.3 Å². The maximum Gasteiger partial charge on any atom is 0.230 e. The second-order valence-electron chi connectivity index (χ2n) is 2.92. The van der Waals surface area contributed by atoms with E-state index in [9.17, 15) is 4.79 Å². The molecule has 0 spiro atoms. The van der Waals surface area contributed by atoms with Gasteiger partial charge in [-0.2, -0.15) is 0 Å². The maximum atomic E-state index is 11.2. The smallest absolute Gasteiger partial charge is 0.230 e. The molecule has 1 aromatic carbocycles. The van der Waals surface area contributed by atoms with Crippen molar-refractivity contribution in [3.05, 3.63) is 24.3 Å². The molecule has 0 saturated carbocycles. The molecule has 3 nitrogen and oxygen atoms in total. The minimum Gasteiger partial charge on any atom is -0.497 e. The van der Waals surface area contributed by atoms with Crippen LogP contribution in [0.2, 0.25) is 0 Å². The monoisotopic (exact) mass is 225 g/mol. The number of rotatable bonds is 5. The van der Waals surface area contributed by atoms with E-state index in [1.54, 1.807) is 7.11 Å². The number of hydrogen-bond donors (Lipinski definition) is 1. The van der Waals surface area contributed by atoms with Crippen LogP contribution < -0.4 is 10.1 Å². The van der Waals surface area contributed by atoms with E-state index in [0.29, 0.717) is 12.3 Å². The van der Waals surface area contributed by atoms with Crippen molar-refractivity contribution in [2.75, 3.05) is 19.4 Å². The molecule has 0 heterocycles. The molecule has 0 saturated heterocycles. The van der Waals surface area contributed by atoms with Gasteiger partial charge in [0, 0.05) is 11.4 Å². The molecular formula is C11H15NO2S. The summed E-state index contributed by atoms with van der Waals surface area (Å²) < 4.78 is 5.10. The molecule has 1 rings (SSSR count). The summed E-state index contributed by atoms with van der Waals surface area (Å²) in [4.78, 5) is 12.2. The number of nitrogens with one attached hydrogen (secondary N) is 1. The first-order valence-electron chi connectivity index (χ1n) is 4.79. The molecule has 0 fully saturated rings. The van der Waals surface area contributed by atoms with E-state index in [0.717, 1.165) is 10.6 Å². The topological polar surface area (TPSA) is 38.3 Å². The normalized spacial score (nSPS) is 9.73. The zero-order valence-corrected chi connectivity index (χ0v) is 9.76. The van der Waals surface area contributed by atoms with Crippen LogP contribution in [0.3, 0.4) is 0 Å². The Labute approximate surface area is 94.2 Å². The maximum absolute atomic E-state index is 11.2. The third-order valence-electron chi connectivity index (χ3n) is 1.79. The van der Waals surface area contributed by atoms with Gasteiger partial charge < -0.3 is 10.1 Å². The number of benzene rings is 1. The fourth-order valence-electron chi connectivity index (χ4n) is 1.09. The van der Waals surface area contributed by atoms with Crippen molar-refractivity contribution in [3.63, 3.8) is 0 Å². The zero-order valence-electron chi connectivity index (χ0n) is 8.95. The highest BCUT2D eigenvalue weighted by molar-refractivity contribution is 8.00. The van der Waals surface area contributed by atoms with Crippen LogP contribution in [0.15, 0.2) is 29.2 Å². The van der Waals surface area contributed by atoms with Crippen molar-refractivity contribution in [1.29, 1.82) is 0 Å². The van der Waals surface area contributed by atoms with Gasteiger partial charge in [-0.05, 0) is 25.1 Å². The van der Waals surface area contributed by atoms with Crippen molar-refractivity contribution in [2.45, 2.75) is 11.8 Å². The Morgan fingerprint density at radius 3 is 3.00 bits per heavy atom. The van der Waals surface area contributed by atoms with E-state index >= 15 is 0 Å². The van der Waals surface area contributed by atoms with E-state index in [1.165, 1.54) is 11.8 Å². The highest BCUT2D eigenvalue weighted by atomic mass is 32.2. The van der Waals surface area contributed by atoms with E-state index in [1.807, 2.05) is 31.2 Å². The fourth-order valence-corrected chi connectivity index (χ4v) is 1.86. The molecular weight excluding hydrogens is 210 g/mol. The van der Waals surface area contributed by atoms with Gasteiger partial charge in [-0.1, -0.05) is 6.07 Å². The second-order valence-corrected chi connectivity index (χ2v) is 3.97. The quantitative estimate of drug-likeness (QED) is 0.778. The Morgan fingerprint density at radius 1 is 1.53 bits per heavy atom. The molecule has 0 radical (unpaired) electrons. The first-order valence-corrected chi connectivity index (χ1v) is 5.78. The van der Waals surface area contributed by atoms with Crippen molar-refractivity contribution in [3.8, 4) is 5.75 Å². The van der Waals surface area contributed by atoms with Crippen LogP contribution in [0.25, 0.3) is 0 Å². The van der Waals surface area contributed by atoms with Gasteiger partial charge >= 0.3 is 0 Å². The van der Waals surface area contributed by atoms with Gasteiger partial charge in [-0.3, -0.25) is 4.79 Å². The molecule has 82 valence electrons. The van der Waals surface area contributed by atoms with E-state index in [4.69, 9.17) is 4.74 Å². The predicted octanol–water partition coefficient (Wildman–Crippen LogP) is 1.92. The van der Waals surface area contributed by atoms with Gasteiger partial charge in [0.25, 0.3) is 0 Å². The fraction of sp³-hybridized carbons (Fsp3) is 0.364. The lowest BCUT2D eigenvalue weighted by Crippen LogP contribution is -2.24. The molecule has 0 aliphatic heterocycles. The average Bonchev–Trinajstić information content (AvgIpc) is 2.27. The number of carbonyl (C=O) groups excluding carboxylic acids is 1. The van der Waals surface area contributed by atoms with E-state index < -0.39 is 0 Å². The number of carbonyl (C=O) groups is 1. The molecule has 1 N–H and O–H groups in total. The van der Waals surface area contributed by atoms with E-state index in [-0.39, 0.29) is 5.91 Å². The zero-order chi connectivity index (χ0) is 11.1. The number of hydrogen-bond acceptors (Lipinski definition) is 3. The highest BCUT2D eigenvalue weighted by Crippen LogP contribution is 2.22. The minimum absolute atomic E-state index is 0.0605. The third kappa shape index (κ3) is 4.25. The van der Waals surface area contributed by atoms with Crippen LogP contribution in [0, 0.1) is 0 Å². The van der Waals surface area contributed by atoms with Gasteiger partial charge in [0.1, 0.15) is 5.75 Å². The highest BCUT2D eigenvalue weighted by Gasteiger charge is 2.01. The molecule has 0 aliphatic rings. The van der Waals surface area contributed by atoms with Gasteiger partial charge in [-0.15, -0.1) is 11.8 Å². The largest absolute Gasteiger partial charge is 0.497 e. The van der Waals surface area contributed by atoms with Gasteiger partial charge in [0.05, 0.1) is 12.9 Å². The SMILES string of the molecule is CCNC(=O)CSc1cccc(OC)c1. The summed E-state index contributed by atoms with van der Waals surface area (Å²) in [5, 5.41) is 2.75. The Kier molecular flexibility index (Phi) is 5.04. The molecule has 0 atom stereocenters. The summed E-state index contributed by atoms with van der Waals surface area (Å²) in [6, 6.07) is 7.69. The van der Waals surface area contributed by atoms with Gasteiger partial charge in [-0.25, -0.2) is 0 Å². The summed E-state index contributed by atoms with van der Waals surface area (Å²) in [5.41, 5.74) is 0. The lowest BCUT2D eigenvalue weighted by atomic mass is 10.3. The Morgan fingerprint density at radius 2 is 2.33 bits per heavy atom. The summed E-state index contributed by atoms with van der Waals surface area (Å²) in [5.74, 6) is 1.32. The van der Waals surface area contributed by atoms with Gasteiger partial charge in [0.2, 0.25) is 5.91 Å². The van der Waals surface area contributed by atoms with Crippen molar-refractivity contribution < 1.29 is 9.53 Å². The lowest BCUT2D eigenvalue weighted by molar-refractivity contribution is -0.118. The summed E-state index contributed by atoms with van der Waals surface area (Å²) in [6.45, 7) is 2.59. The molecule has 0 aliphatic carbocycles. The van der Waals surface area contributed by atoms with E-state index in [2.05, 4.69) is 5.32 Å². The Bertz CT molecular complexity index is 328. The Hall–Kier alpha value is -1.16. The van der Waals surface area contributed by atoms with Crippen molar-refractivity contribution >= 4 is 17.7 Å². The molecule has 15 heavy (non-hydrogen) atoms. The van der Waals surface area contributed by atoms with Crippen LogP contribution in [0.1, 0.15) is 6.92 Å². The molecule has 1 amide bonds. The second kappa shape index (κ2) is 6.35. The van der Waals surface area contributed by atoms with Gasteiger partial charge in [0.15, 0.2) is 0 Å². The molecule has 4 heteroatoms. The predicted molar refractivity (Wildman–Crippen MR) is 62.4 cm³/mol. The van der Waals surface area contributed by atoms with Crippen LogP contribution in [-0.2, 0) is 4.79 Å². The summed E-state index contributed by atoms with van der Waals surface area (Å²) in [7, 11) is 1.63. The minimum atomic E-state index is 0.0605. The number of ether oxygens (including phenoxy) is 1. The van der Waals surface area contributed by atoms with Crippen molar-refractivity contribution in [2.24, 2.45) is 0 Å². The van der Waals surface area contributed by atoms with Crippen molar-refractivity contribution in [1.82, 2.24) is 5.32 Å². The summed E-state index contributed by atoms with van der Waals surface area (Å²) >= 11 is 1.51. The Balaban J connectivity index is 2.46. The standard InChI is InChI=1S/C11H15NO2S/c1-3-12-11(13)8-15-10-6-4-5-9(7-10)14-2/h4-7H,3,8H2,1-2H3,(H,12,13). The third-order valence-corrected chi connectivity index (χ3v) is 2.78. The number of methoxy groups -OCH3 is 1. The van der Waals surface area contributed by atoms with Crippen LogP contribution in [0.4, 0.5) is 0 Å². The number of thioether (sulfide) groups is 1. The molecule has 0 unspecified atom stereocenters. The van der Waals surface area contributed by atoms with Crippen LogP contribution >= 0.6 is 11.8 Å². The summed E-state index contributed by atoms with van der Waals surface area (Å²) in [6.07, 6.45) is 0. The average molecular weight is 225 g/mol. The molecule has 0 bridgehead atoms. The lowest BCUT2D eigenvalue weighted by Gasteiger charge is -2.04. The molecule has 1 aromatic rings. The first-order chi connectivity index (χ1) is 7.26. The van der Waals surface area contributed by atoms with Crippen LogP contribution in [0.5, 0.6) is 5.75 Å². The first kappa shape index (κ1) is 11.9.